The molecule has 0 fully saturated rings. The van der Waals surface area contributed by atoms with Crippen LogP contribution in [0.4, 0.5) is 4.39 Å². The molecule has 0 saturated heterocycles. The number of halogens is 1. The van der Waals surface area contributed by atoms with Crippen molar-refractivity contribution in [3.05, 3.63) is 47.8 Å². The maximum atomic E-state index is 13.3. The predicted molar refractivity (Wildman–Crippen MR) is 71.2 cm³/mol. The molecule has 2 N–H and O–H groups in total. The Morgan fingerprint density at radius 3 is 2.95 bits per heavy atom. The Labute approximate surface area is 112 Å². The third-order valence-electron chi connectivity index (χ3n) is 2.98. The normalized spacial score (nSPS) is 12.4. The molecular formula is C14H18FN3O. The highest BCUT2D eigenvalue weighted by Crippen LogP contribution is 2.25. The third-order valence-corrected chi connectivity index (χ3v) is 2.98. The van der Waals surface area contributed by atoms with Gasteiger partial charge in [0, 0.05) is 24.2 Å². The van der Waals surface area contributed by atoms with Gasteiger partial charge in [-0.25, -0.2) is 9.37 Å². The second-order valence-corrected chi connectivity index (χ2v) is 4.43. The van der Waals surface area contributed by atoms with Crippen LogP contribution >= 0.6 is 0 Å². The van der Waals surface area contributed by atoms with E-state index in [1.807, 2.05) is 18.4 Å². The highest BCUT2D eigenvalue weighted by atomic mass is 19.1. The van der Waals surface area contributed by atoms with E-state index in [1.54, 1.807) is 18.6 Å². The van der Waals surface area contributed by atoms with Crippen LogP contribution in [0.5, 0.6) is 5.75 Å². The molecule has 1 aromatic heterocycles. The summed E-state index contributed by atoms with van der Waals surface area (Å²) in [5.41, 5.74) is 7.59. The van der Waals surface area contributed by atoms with Gasteiger partial charge in [-0.1, -0.05) is 6.07 Å². The van der Waals surface area contributed by atoms with Gasteiger partial charge in [0.05, 0.1) is 18.2 Å². The number of rotatable bonds is 5. The lowest BCUT2D eigenvalue weighted by atomic mass is 10.1. The maximum Gasteiger partial charge on any atom is 0.130 e. The fraction of sp³-hybridized carbons (Fsp3) is 0.357. The molecule has 4 nitrogen and oxygen atoms in total. The molecule has 0 spiro atoms. The standard InChI is InChI=1S/C14H18FN3O/c1-3-18-9-17-7-12(18)8-19-14-6-11(15)4-5-13(14)10(2)16/h4-7,9-10H,3,8,16H2,1-2H3/t10-/m1/s1. The summed E-state index contributed by atoms with van der Waals surface area (Å²) >= 11 is 0. The van der Waals surface area contributed by atoms with Gasteiger partial charge in [0.25, 0.3) is 0 Å². The van der Waals surface area contributed by atoms with Crippen LogP contribution < -0.4 is 10.5 Å². The summed E-state index contributed by atoms with van der Waals surface area (Å²) in [6.45, 7) is 5.04. The number of nitrogens with two attached hydrogens (primary N) is 1. The largest absolute Gasteiger partial charge is 0.487 e. The van der Waals surface area contributed by atoms with Gasteiger partial charge in [-0.05, 0) is 19.9 Å². The zero-order valence-corrected chi connectivity index (χ0v) is 11.1. The van der Waals surface area contributed by atoms with Crippen molar-refractivity contribution in [3.63, 3.8) is 0 Å². The van der Waals surface area contributed by atoms with Crippen molar-refractivity contribution >= 4 is 0 Å². The highest BCUT2D eigenvalue weighted by molar-refractivity contribution is 5.36. The molecule has 0 radical (unpaired) electrons. The van der Waals surface area contributed by atoms with Gasteiger partial charge in [-0.15, -0.1) is 0 Å². The summed E-state index contributed by atoms with van der Waals surface area (Å²) < 4.78 is 20.9. The summed E-state index contributed by atoms with van der Waals surface area (Å²) in [4.78, 5) is 4.06. The summed E-state index contributed by atoms with van der Waals surface area (Å²) in [6, 6.07) is 4.21. The van der Waals surface area contributed by atoms with Gasteiger partial charge in [-0.3, -0.25) is 0 Å². The van der Waals surface area contributed by atoms with Crippen molar-refractivity contribution < 1.29 is 9.13 Å². The van der Waals surface area contributed by atoms with Crippen molar-refractivity contribution in [1.29, 1.82) is 0 Å². The minimum absolute atomic E-state index is 0.202. The first-order chi connectivity index (χ1) is 9.11. The van der Waals surface area contributed by atoms with Gasteiger partial charge in [-0.2, -0.15) is 0 Å². The monoisotopic (exact) mass is 263 g/mol. The third kappa shape index (κ3) is 3.12. The Morgan fingerprint density at radius 2 is 2.26 bits per heavy atom. The maximum absolute atomic E-state index is 13.3. The lowest BCUT2D eigenvalue weighted by molar-refractivity contribution is 0.289. The fourth-order valence-electron chi connectivity index (χ4n) is 1.91. The van der Waals surface area contributed by atoms with Crippen LogP contribution in [0.2, 0.25) is 0 Å². The second kappa shape index (κ2) is 5.84. The molecule has 0 aliphatic heterocycles. The summed E-state index contributed by atoms with van der Waals surface area (Å²) in [7, 11) is 0. The van der Waals surface area contributed by atoms with Gasteiger partial charge in [0.15, 0.2) is 0 Å². The van der Waals surface area contributed by atoms with Crippen LogP contribution in [0.3, 0.4) is 0 Å². The topological polar surface area (TPSA) is 53.1 Å². The van der Waals surface area contributed by atoms with Crippen LogP contribution in [-0.4, -0.2) is 9.55 Å². The summed E-state index contributed by atoms with van der Waals surface area (Å²) in [5, 5.41) is 0. The average molecular weight is 263 g/mol. The molecule has 102 valence electrons. The first kappa shape index (κ1) is 13.5. The van der Waals surface area contributed by atoms with Crippen LogP contribution in [-0.2, 0) is 13.2 Å². The van der Waals surface area contributed by atoms with Gasteiger partial charge in [0.2, 0.25) is 0 Å². The van der Waals surface area contributed by atoms with Gasteiger partial charge < -0.3 is 15.0 Å². The zero-order valence-electron chi connectivity index (χ0n) is 11.1. The molecule has 1 atom stereocenters. The Hall–Kier alpha value is -1.88. The molecule has 19 heavy (non-hydrogen) atoms. The van der Waals surface area contributed by atoms with Crippen molar-refractivity contribution in [2.75, 3.05) is 0 Å². The van der Waals surface area contributed by atoms with E-state index in [4.69, 9.17) is 10.5 Å². The summed E-state index contributed by atoms with van der Waals surface area (Å²) in [6.07, 6.45) is 3.49. The molecular weight excluding hydrogens is 245 g/mol. The molecule has 2 rings (SSSR count). The molecule has 0 aliphatic rings. The smallest absolute Gasteiger partial charge is 0.130 e. The first-order valence-corrected chi connectivity index (χ1v) is 6.28. The number of hydrogen-bond donors (Lipinski definition) is 1. The minimum Gasteiger partial charge on any atom is -0.487 e. The van der Waals surface area contributed by atoms with E-state index in [0.29, 0.717) is 12.4 Å². The van der Waals surface area contributed by atoms with Crippen LogP contribution in [0.1, 0.15) is 31.1 Å². The van der Waals surface area contributed by atoms with Crippen LogP contribution in [0, 0.1) is 5.82 Å². The van der Waals surface area contributed by atoms with Gasteiger partial charge >= 0.3 is 0 Å². The first-order valence-electron chi connectivity index (χ1n) is 6.28. The molecule has 0 saturated carbocycles. The Balaban J connectivity index is 2.17. The number of benzene rings is 1. The second-order valence-electron chi connectivity index (χ2n) is 4.43. The molecule has 0 bridgehead atoms. The van der Waals surface area contributed by atoms with Crippen molar-refractivity contribution in [1.82, 2.24) is 9.55 Å². The molecule has 2 aromatic rings. The number of ether oxygens (including phenoxy) is 1. The Morgan fingerprint density at radius 1 is 1.47 bits per heavy atom. The summed E-state index contributed by atoms with van der Waals surface area (Å²) in [5.74, 6) is 0.155. The van der Waals surface area contributed by atoms with E-state index >= 15 is 0 Å². The molecule has 0 amide bonds. The van der Waals surface area contributed by atoms with E-state index in [1.165, 1.54) is 12.1 Å². The van der Waals surface area contributed by atoms with E-state index in [9.17, 15) is 4.39 Å². The number of nitrogens with zero attached hydrogens (tertiary/aromatic N) is 2. The molecule has 0 unspecified atom stereocenters. The lowest BCUT2D eigenvalue weighted by Crippen LogP contribution is -2.09. The number of aromatic nitrogens is 2. The Bertz CT molecular complexity index is 551. The van der Waals surface area contributed by atoms with Crippen LogP contribution in [0.25, 0.3) is 0 Å². The SMILES string of the molecule is CCn1cncc1COc1cc(F)ccc1[C@@H](C)N. The molecule has 1 aromatic carbocycles. The number of hydrogen-bond acceptors (Lipinski definition) is 3. The van der Waals surface area contributed by atoms with Gasteiger partial charge in [0.1, 0.15) is 18.2 Å². The molecule has 1 heterocycles. The molecule has 0 aliphatic carbocycles. The predicted octanol–water partition coefficient (Wildman–Crippen LogP) is 2.64. The molecule has 5 heteroatoms. The van der Waals surface area contributed by atoms with Crippen molar-refractivity contribution in [2.45, 2.75) is 33.0 Å². The average Bonchev–Trinajstić information content (AvgIpc) is 2.83. The lowest BCUT2D eigenvalue weighted by Gasteiger charge is -2.14. The highest BCUT2D eigenvalue weighted by Gasteiger charge is 2.10. The number of aryl methyl sites for hydroxylation is 1. The quantitative estimate of drug-likeness (QED) is 0.902. The van der Waals surface area contributed by atoms with Crippen LogP contribution in [0.15, 0.2) is 30.7 Å². The fourth-order valence-corrected chi connectivity index (χ4v) is 1.91. The van der Waals surface area contributed by atoms with E-state index < -0.39 is 0 Å². The zero-order chi connectivity index (χ0) is 13.8. The van der Waals surface area contributed by atoms with E-state index in [-0.39, 0.29) is 11.9 Å². The van der Waals surface area contributed by atoms with E-state index in [2.05, 4.69) is 4.98 Å². The van der Waals surface area contributed by atoms with E-state index in [0.717, 1.165) is 17.8 Å². The number of imidazole rings is 1. The van der Waals surface area contributed by atoms with Crippen molar-refractivity contribution in [3.8, 4) is 5.75 Å². The van der Waals surface area contributed by atoms with Crippen molar-refractivity contribution in [2.24, 2.45) is 5.73 Å². The Kier molecular flexibility index (Phi) is 4.16. The minimum atomic E-state index is -0.330.